The summed E-state index contributed by atoms with van der Waals surface area (Å²) in [5, 5.41) is 17.4. The fraction of sp³-hybridized carbons (Fsp3) is 0. The molecule has 0 atom stereocenters. The summed E-state index contributed by atoms with van der Waals surface area (Å²) < 4.78 is 7.19. The monoisotopic (exact) mass is 615 g/mol. The quantitative estimate of drug-likeness (QED) is 0.195. The van der Waals surface area contributed by atoms with Gasteiger partial charge in [-0.25, -0.2) is 0 Å². The van der Waals surface area contributed by atoms with Gasteiger partial charge in [-0.15, -0.1) is 11.3 Å². The second-order valence-corrected chi connectivity index (χ2v) is 13.2. The molecule has 10 rings (SSSR count). The normalized spacial score (nSPS) is 11.8. The molecule has 7 aromatic carbocycles. The first kappa shape index (κ1) is 26.1. The van der Waals surface area contributed by atoms with Crippen LogP contribution in [-0.4, -0.2) is 9.13 Å². The van der Waals surface area contributed by atoms with Gasteiger partial charge in [0.15, 0.2) is 0 Å². The molecule has 4 heteroatoms. The highest BCUT2D eigenvalue weighted by molar-refractivity contribution is 7.25. The lowest BCUT2D eigenvalue weighted by atomic mass is 10.0. The summed E-state index contributed by atoms with van der Waals surface area (Å²) >= 11 is 1.84. The molecular weight excluding hydrogens is 591 g/mol. The van der Waals surface area contributed by atoms with Crippen LogP contribution in [0, 0.1) is 11.3 Å². The van der Waals surface area contributed by atoms with E-state index in [1.807, 2.05) is 23.5 Å². The second-order valence-electron chi connectivity index (χ2n) is 12.1. The number of rotatable bonds is 3. The first-order valence-electron chi connectivity index (χ1n) is 15.7. The van der Waals surface area contributed by atoms with Crippen LogP contribution in [0.4, 0.5) is 0 Å². The van der Waals surface area contributed by atoms with Crippen LogP contribution in [0.15, 0.2) is 152 Å². The zero-order chi connectivity index (χ0) is 31.1. The van der Waals surface area contributed by atoms with Crippen LogP contribution < -0.4 is 0 Å². The van der Waals surface area contributed by atoms with Gasteiger partial charge < -0.3 is 9.13 Å². The molecule has 3 aromatic heterocycles. The SMILES string of the molecule is N#Cc1cccc2c3ccccc3n(-c3cccc(-c4ccc5sc6ccc(-n7c8ccccc8c8ccccc87)cc6c5c4)c3)c12. The van der Waals surface area contributed by atoms with Crippen LogP contribution in [-0.2, 0) is 0 Å². The second kappa shape index (κ2) is 9.92. The fourth-order valence-electron chi connectivity index (χ4n) is 7.49. The van der Waals surface area contributed by atoms with Crippen molar-refractivity contribution in [2.75, 3.05) is 0 Å². The van der Waals surface area contributed by atoms with Crippen molar-refractivity contribution in [1.82, 2.24) is 9.13 Å². The number of hydrogen-bond acceptors (Lipinski definition) is 2. The van der Waals surface area contributed by atoms with Gasteiger partial charge in [-0.1, -0.05) is 84.9 Å². The maximum Gasteiger partial charge on any atom is 0.101 e. The Hall–Kier alpha value is -6.15. The van der Waals surface area contributed by atoms with Gasteiger partial charge in [0.25, 0.3) is 0 Å². The Labute approximate surface area is 274 Å². The molecule has 3 heterocycles. The van der Waals surface area contributed by atoms with Crippen LogP contribution >= 0.6 is 11.3 Å². The van der Waals surface area contributed by atoms with Crippen molar-refractivity contribution in [3.8, 4) is 28.6 Å². The lowest BCUT2D eigenvalue weighted by Gasteiger charge is -2.11. The maximum atomic E-state index is 10.1. The van der Waals surface area contributed by atoms with Gasteiger partial charge in [0.1, 0.15) is 6.07 Å². The molecule has 0 N–H and O–H groups in total. The minimum Gasteiger partial charge on any atom is -0.309 e. The van der Waals surface area contributed by atoms with Crippen molar-refractivity contribution < 1.29 is 0 Å². The van der Waals surface area contributed by atoms with Crippen LogP contribution in [0.1, 0.15) is 5.56 Å². The van der Waals surface area contributed by atoms with Gasteiger partial charge in [0.05, 0.1) is 27.6 Å². The summed E-state index contributed by atoms with van der Waals surface area (Å²) in [6.07, 6.45) is 0. The Kier molecular flexibility index (Phi) is 5.51. The molecule has 10 aromatic rings. The van der Waals surface area contributed by atoms with Crippen molar-refractivity contribution in [3.05, 3.63) is 157 Å². The third-order valence-electron chi connectivity index (χ3n) is 9.54. The molecule has 47 heavy (non-hydrogen) atoms. The van der Waals surface area contributed by atoms with Crippen LogP contribution in [0.3, 0.4) is 0 Å². The fourth-order valence-corrected chi connectivity index (χ4v) is 8.55. The van der Waals surface area contributed by atoms with Gasteiger partial charge in [0.2, 0.25) is 0 Å². The highest BCUT2D eigenvalue weighted by Gasteiger charge is 2.17. The summed E-state index contributed by atoms with van der Waals surface area (Å²) in [4.78, 5) is 0. The molecule has 3 nitrogen and oxygen atoms in total. The summed E-state index contributed by atoms with van der Waals surface area (Å²) in [6.45, 7) is 0. The topological polar surface area (TPSA) is 33.6 Å². The van der Waals surface area contributed by atoms with Crippen LogP contribution in [0.5, 0.6) is 0 Å². The Morgan fingerprint density at radius 2 is 0.979 bits per heavy atom. The molecular formula is C43H25N3S. The minimum atomic E-state index is 0.675. The van der Waals surface area contributed by atoms with E-state index in [4.69, 9.17) is 0 Å². The highest BCUT2D eigenvalue weighted by Crippen LogP contribution is 2.40. The number of para-hydroxylation sites is 4. The molecule has 0 aliphatic heterocycles. The van der Waals surface area contributed by atoms with E-state index in [1.54, 1.807) is 0 Å². The number of hydrogen-bond donors (Lipinski definition) is 0. The van der Waals surface area contributed by atoms with Gasteiger partial charge in [-0.05, 0) is 77.9 Å². The average Bonchev–Trinajstić information content (AvgIpc) is 3.79. The number of thiophene rings is 1. The molecule has 0 aliphatic carbocycles. The third-order valence-corrected chi connectivity index (χ3v) is 10.7. The highest BCUT2D eigenvalue weighted by atomic mass is 32.1. The van der Waals surface area contributed by atoms with Gasteiger partial charge in [-0.2, -0.15) is 5.26 Å². The van der Waals surface area contributed by atoms with Crippen molar-refractivity contribution >= 4 is 75.1 Å². The lowest BCUT2D eigenvalue weighted by Crippen LogP contribution is -1.96. The number of nitriles is 1. The average molecular weight is 616 g/mol. The third kappa shape index (κ3) is 3.78. The van der Waals surface area contributed by atoms with E-state index in [0.29, 0.717) is 5.56 Å². The van der Waals surface area contributed by atoms with E-state index in [0.717, 1.165) is 33.1 Å². The lowest BCUT2D eigenvalue weighted by molar-refractivity contribution is 1.18. The first-order chi connectivity index (χ1) is 23.3. The zero-order valence-corrected chi connectivity index (χ0v) is 26.0. The summed E-state index contributed by atoms with van der Waals surface area (Å²) in [5.41, 5.74) is 9.68. The zero-order valence-electron chi connectivity index (χ0n) is 25.2. The van der Waals surface area contributed by atoms with Crippen molar-refractivity contribution in [2.45, 2.75) is 0 Å². The standard InChI is InChI=1S/C43H25N3S/c44-26-29-10-8-15-35-34-14-3-6-18-40(34)46(43(29)35)30-11-7-9-27(23-30)28-19-21-41-36(24-28)37-25-31(20-22-42(37)47-41)45-38-16-4-1-12-32(38)33-13-2-5-17-39(33)45/h1-25H. The van der Waals surface area contributed by atoms with E-state index < -0.39 is 0 Å². The molecule has 0 bridgehead atoms. The predicted octanol–water partition coefficient (Wildman–Crippen LogP) is 11.8. The number of fused-ring (bicyclic) bond motifs is 9. The smallest absolute Gasteiger partial charge is 0.101 e. The Morgan fingerprint density at radius 1 is 0.426 bits per heavy atom. The van der Waals surface area contributed by atoms with E-state index >= 15 is 0 Å². The van der Waals surface area contributed by atoms with E-state index in [-0.39, 0.29) is 0 Å². The summed E-state index contributed by atoms with van der Waals surface area (Å²) in [6, 6.07) is 56.6. The number of nitrogens with zero attached hydrogens (tertiary/aromatic N) is 3. The largest absolute Gasteiger partial charge is 0.309 e. The van der Waals surface area contributed by atoms with Crippen molar-refractivity contribution in [2.24, 2.45) is 0 Å². The van der Waals surface area contributed by atoms with Crippen molar-refractivity contribution in [3.63, 3.8) is 0 Å². The molecule has 0 unspecified atom stereocenters. The van der Waals surface area contributed by atoms with Crippen molar-refractivity contribution in [1.29, 1.82) is 5.26 Å². The summed E-state index contributed by atoms with van der Waals surface area (Å²) in [7, 11) is 0. The molecule has 0 radical (unpaired) electrons. The molecule has 0 spiro atoms. The molecule has 0 amide bonds. The minimum absolute atomic E-state index is 0.675. The van der Waals surface area contributed by atoms with Gasteiger partial charge in [0, 0.05) is 53.1 Å². The molecule has 0 fully saturated rings. The molecule has 0 aliphatic rings. The Balaban J connectivity index is 1.16. The molecule has 218 valence electrons. The van der Waals surface area contributed by atoms with Crippen LogP contribution in [0.2, 0.25) is 0 Å². The van der Waals surface area contributed by atoms with Gasteiger partial charge in [-0.3, -0.25) is 0 Å². The molecule has 0 saturated carbocycles. The maximum absolute atomic E-state index is 10.1. The summed E-state index contributed by atoms with van der Waals surface area (Å²) in [5.74, 6) is 0. The predicted molar refractivity (Wildman–Crippen MR) is 198 cm³/mol. The Bertz CT molecular complexity index is 2880. The van der Waals surface area contributed by atoms with E-state index in [2.05, 4.69) is 155 Å². The number of benzene rings is 7. The Morgan fingerprint density at radius 3 is 1.70 bits per heavy atom. The molecule has 0 saturated heterocycles. The van der Waals surface area contributed by atoms with Gasteiger partial charge >= 0.3 is 0 Å². The number of aromatic nitrogens is 2. The van der Waals surface area contributed by atoms with Crippen LogP contribution in [0.25, 0.3) is 86.3 Å². The first-order valence-corrected chi connectivity index (χ1v) is 16.6. The van der Waals surface area contributed by atoms with E-state index in [9.17, 15) is 5.26 Å². The van der Waals surface area contributed by atoms with E-state index in [1.165, 1.54) is 53.2 Å².